The summed E-state index contributed by atoms with van der Waals surface area (Å²) in [7, 11) is 0. The number of nitrogens with zero attached hydrogens (tertiary/aromatic N) is 1. The predicted octanol–water partition coefficient (Wildman–Crippen LogP) is 3.40. The van der Waals surface area contributed by atoms with Crippen molar-refractivity contribution in [3.8, 4) is 0 Å². The van der Waals surface area contributed by atoms with Crippen molar-refractivity contribution in [3.05, 3.63) is 22.4 Å². The van der Waals surface area contributed by atoms with Crippen LogP contribution in [-0.2, 0) is 6.42 Å². The van der Waals surface area contributed by atoms with Gasteiger partial charge in [0.1, 0.15) is 0 Å². The van der Waals surface area contributed by atoms with Crippen LogP contribution in [0.25, 0.3) is 0 Å². The number of piperidine rings is 1. The Kier molecular flexibility index (Phi) is 4.23. The maximum absolute atomic E-state index is 3.77. The number of halogens is 1. The van der Waals surface area contributed by atoms with Crippen LogP contribution in [0.2, 0.25) is 0 Å². The predicted molar refractivity (Wildman–Crippen MR) is 71.0 cm³/mol. The van der Waals surface area contributed by atoms with Gasteiger partial charge in [0.15, 0.2) is 0 Å². The summed E-state index contributed by atoms with van der Waals surface area (Å²) in [6.45, 7) is 6.05. The smallest absolute Gasteiger partial charge is 0.0299 e. The van der Waals surface area contributed by atoms with E-state index in [4.69, 9.17) is 0 Å². The molecule has 1 saturated heterocycles. The molecule has 0 radical (unpaired) electrons. The molecule has 0 spiro atoms. The molecule has 1 nitrogen and oxygen atoms in total. The average Bonchev–Trinajstić information content (AvgIpc) is 2.73. The molecule has 1 aliphatic heterocycles. The lowest BCUT2D eigenvalue weighted by molar-refractivity contribution is 0.204. The minimum Gasteiger partial charge on any atom is -0.302 e. The molecule has 2 atom stereocenters. The molecule has 0 saturated carbocycles. The first-order valence-electron chi connectivity index (χ1n) is 5.64. The maximum atomic E-state index is 3.77. The third-order valence-electron chi connectivity index (χ3n) is 3.21. The van der Waals surface area contributed by atoms with Crippen LogP contribution >= 0.6 is 27.3 Å². The molecule has 1 aromatic heterocycles. The van der Waals surface area contributed by atoms with Crippen LogP contribution in [0.15, 0.2) is 17.5 Å². The molecule has 2 unspecified atom stereocenters. The van der Waals surface area contributed by atoms with Gasteiger partial charge in [-0.1, -0.05) is 28.9 Å². The molecular weight excluding hydrogens is 270 g/mol. The van der Waals surface area contributed by atoms with Crippen molar-refractivity contribution in [1.82, 2.24) is 4.90 Å². The highest BCUT2D eigenvalue weighted by atomic mass is 79.9. The molecule has 3 heteroatoms. The highest BCUT2D eigenvalue weighted by molar-refractivity contribution is 9.09. The third-order valence-corrected chi connectivity index (χ3v) is 5.33. The van der Waals surface area contributed by atoms with Gasteiger partial charge in [0.05, 0.1) is 0 Å². The summed E-state index contributed by atoms with van der Waals surface area (Å²) in [5.41, 5.74) is 0. The second-order valence-corrected chi connectivity index (χ2v) is 6.62. The second kappa shape index (κ2) is 5.46. The first-order valence-corrected chi connectivity index (χ1v) is 7.44. The van der Waals surface area contributed by atoms with E-state index in [-0.39, 0.29) is 0 Å². The topological polar surface area (TPSA) is 3.24 Å². The van der Waals surface area contributed by atoms with Crippen LogP contribution in [-0.4, -0.2) is 29.4 Å². The fourth-order valence-corrected chi connectivity index (χ4v) is 3.38. The number of thiophene rings is 1. The summed E-state index contributed by atoms with van der Waals surface area (Å²) in [6.07, 6.45) is 2.55. The van der Waals surface area contributed by atoms with Crippen LogP contribution in [0.4, 0.5) is 0 Å². The van der Waals surface area contributed by atoms with Gasteiger partial charge >= 0.3 is 0 Å². The van der Waals surface area contributed by atoms with Crippen LogP contribution in [0.3, 0.4) is 0 Å². The molecule has 0 aliphatic carbocycles. The van der Waals surface area contributed by atoms with Gasteiger partial charge in [0.2, 0.25) is 0 Å². The Hall–Kier alpha value is 0.140. The van der Waals surface area contributed by atoms with E-state index in [0.29, 0.717) is 4.83 Å². The van der Waals surface area contributed by atoms with E-state index in [9.17, 15) is 0 Å². The molecular formula is C12H18BrNS. The average molecular weight is 288 g/mol. The highest BCUT2D eigenvalue weighted by Crippen LogP contribution is 2.23. The van der Waals surface area contributed by atoms with E-state index < -0.39 is 0 Å². The summed E-state index contributed by atoms with van der Waals surface area (Å²) >= 11 is 5.65. The summed E-state index contributed by atoms with van der Waals surface area (Å²) in [6, 6.07) is 4.38. The van der Waals surface area contributed by atoms with Gasteiger partial charge < -0.3 is 4.90 Å². The molecule has 1 aromatic rings. The quantitative estimate of drug-likeness (QED) is 0.771. The Morgan fingerprint density at radius 2 is 2.47 bits per heavy atom. The van der Waals surface area contributed by atoms with Gasteiger partial charge in [0.25, 0.3) is 0 Å². The van der Waals surface area contributed by atoms with E-state index in [1.807, 2.05) is 11.3 Å². The summed E-state index contributed by atoms with van der Waals surface area (Å²) in [5.74, 6) is 0.836. The first kappa shape index (κ1) is 11.6. The van der Waals surface area contributed by atoms with Crippen molar-refractivity contribution in [3.63, 3.8) is 0 Å². The minimum atomic E-state index is 0.689. The Bertz CT molecular complexity index is 286. The van der Waals surface area contributed by atoms with Gasteiger partial charge in [-0.2, -0.15) is 0 Å². The summed E-state index contributed by atoms with van der Waals surface area (Å²) in [5, 5.41) is 2.17. The van der Waals surface area contributed by atoms with E-state index in [2.05, 4.69) is 45.3 Å². The molecule has 2 heterocycles. The lowest BCUT2D eigenvalue weighted by Gasteiger charge is -2.34. The molecule has 1 aliphatic rings. The Balaban J connectivity index is 1.76. The Morgan fingerprint density at radius 3 is 3.13 bits per heavy atom. The van der Waals surface area contributed by atoms with E-state index in [1.54, 1.807) is 0 Å². The van der Waals surface area contributed by atoms with Crippen molar-refractivity contribution < 1.29 is 0 Å². The number of hydrogen-bond donors (Lipinski definition) is 0. The molecule has 1 fully saturated rings. The standard InChI is InChI=1S/C12H18BrNS/c1-10-4-6-14(9-12(10)13)7-5-11-3-2-8-15-11/h2-3,8,10,12H,4-7,9H2,1H3. The van der Waals surface area contributed by atoms with E-state index in [0.717, 1.165) is 5.92 Å². The SMILES string of the molecule is CC1CCN(CCc2cccs2)CC1Br. The number of hydrogen-bond acceptors (Lipinski definition) is 2. The molecule has 0 bridgehead atoms. The van der Waals surface area contributed by atoms with Crippen molar-refractivity contribution in [2.45, 2.75) is 24.6 Å². The summed E-state index contributed by atoms with van der Waals surface area (Å²) < 4.78 is 0. The molecule has 84 valence electrons. The van der Waals surface area contributed by atoms with Crippen molar-refractivity contribution in [2.24, 2.45) is 5.92 Å². The fourth-order valence-electron chi connectivity index (χ4n) is 2.01. The molecule has 2 rings (SSSR count). The van der Waals surface area contributed by atoms with Gasteiger partial charge in [0, 0.05) is 22.8 Å². The van der Waals surface area contributed by atoms with Gasteiger partial charge in [-0.15, -0.1) is 11.3 Å². The molecule has 0 aromatic carbocycles. The fraction of sp³-hybridized carbons (Fsp3) is 0.667. The monoisotopic (exact) mass is 287 g/mol. The van der Waals surface area contributed by atoms with Crippen LogP contribution in [0.1, 0.15) is 18.2 Å². The van der Waals surface area contributed by atoms with Crippen LogP contribution in [0.5, 0.6) is 0 Å². The van der Waals surface area contributed by atoms with Gasteiger partial charge in [-0.3, -0.25) is 0 Å². The maximum Gasteiger partial charge on any atom is 0.0299 e. The third kappa shape index (κ3) is 3.30. The van der Waals surface area contributed by atoms with E-state index >= 15 is 0 Å². The van der Waals surface area contributed by atoms with Crippen molar-refractivity contribution in [2.75, 3.05) is 19.6 Å². The lowest BCUT2D eigenvalue weighted by Crippen LogP contribution is -2.40. The van der Waals surface area contributed by atoms with Crippen LogP contribution < -0.4 is 0 Å². The van der Waals surface area contributed by atoms with Gasteiger partial charge in [-0.25, -0.2) is 0 Å². The Morgan fingerprint density at radius 1 is 1.60 bits per heavy atom. The first-order chi connectivity index (χ1) is 7.25. The van der Waals surface area contributed by atoms with Gasteiger partial charge in [-0.05, 0) is 36.8 Å². The van der Waals surface area contributed by atoms with E-state index in [1.165, 1.54) is 37.4 Å². The normalized spacial score (nSPS) is 28.1. The summed E-state index contributed by atoms with van der Waals surface area (Å²) in [4.78, 5) is 4.79. The Labute approximate surface area is 105 Å². The zero-order valence-electron chi connectivity index (χ0n) is 9.16. The lowest BCUT2D eigenvalue weighted by atomic mass is 9.99. The molecule has 0 amide bonds. The molecule has 15 heavy (non-hydrogen) atoms. The zero-order valence-corrected chi connectivity index (χ0v) is 11.6. The second-order valence-electron chi connectivity index (χ2n) is 4.41. The highest BCUT2D eigenvalue weighted by Gasteiger charge is 2.23. The largest absolute Gasteiger partial charge is 0.302 e. The molecule has 0 N–H and O–H groups in total. The number of rotatable bonds is 3. The minimum absolute atomic E-state index is 0.689. The van der Waals surface area contributed by atoms with Crippen molar-refractivity contribution >= 4 is 27.3 Å². The van der Waals surface area contributed by atoms with Crippen LogP contribution in [0, 0.1) is 5.92 Å². The number of likely N-dealkylation sites (tertiary alicyclic amines) is 1. The zero-order chi connectivity index (χ0) is 10.7. The number of alkyl halides is 1. The van der Waals surface area contributed by atoms with Crippen molar-refractivity contribution in [1.29, 1.82) is 0 Å².